The smallest absolute Gasteiger partial charge is 0.320 e. The highest BCUT2D eigenvalue weighted by molar-refractivity contribution is 5.86. The van der Waals surface area contributed by atoms with E-state index in [2.05, 4.69) is 9.13 Å². The van der Waals surface area contributed by atoms with Crippen LogP contribution in [0.25, 0.3) is 21.8 Å². The number of carbonyl (C=O) groups is 2. The van der Waals surface area contributed by atoms with E-state index in [4.69, 9.17) is 11.5 Å². The number of carboxylic acids is 2. The van der Waals surface area contributed by atoms with Gasteiger partial charge in [-0.15, -0.1) is 0 Å². The zero-order valence-corrected chi connectivity index (χ0v) is 17.5. The Hall–Kier alpha value is -3.62. The van der Waals surface area contributed by atoms with Crippen LogP contribution in [0, 0.1) is 0 Å². The molecule has 4 aromatic rings. The maximum atomic E-state index is 11.2. The molecule has 6 N–H and O–H groups in total. The summed E-state index contributed by atoms with van der Waals surface area (Å²) in [7, 11) is 0. The van der Waals surface area contributed by atoms with Gasteiger partial charge in [-0.2, -0.15) is 0 Å². The van der Waals surface area contributed by atoms with Gasteiger partial charge in [0.25, 0.3) is 0 Å². The molecule has 8 nitrogen and oxygen atoms in total. The molecule has 0 aliphatic rings. The van der Waals surface area contributed by atoms with Crippen molar-refractivity contribution < 1.29 is 19.8 Å². The summed E-state index contributed by atoms with van der Waals surface area (Å²) in [6, 6.07) is 13.8. The number of carboxylic acid groups (broad SMARTS) is 2. The lowest BCUT2D eigenvalue weighted by Gasteiger charge is -2.08. The van der Waals surface area contributed by atoms with Crippen LogP contribution in [0.1, 0.15) is 11.1 Å². The predicted octanol–water partition coefficient (Wildman–Crippen LogP) is 2.20. The molecule has 32 heavy (non-hydrogen) atoms. The largest absolute Gasteiger partial charge is 0.480 e. The van der Waals surface area contributed by atoms with Gasteiger partial charge in [-0.05, 0) is 23.3 Å². The van der Waals surface area contributed by atoms with Crippen LogP contribution >= 0.6 is 0 Å². The monoisotopic (exact) mass is 434 g/mol. The fourth-order valence-corrected chi connectivity index (χ4v) is 4.20. The minimum atomic E-state index is -1.02. The lowest BCUT2D eigenvalue weighted by atomic mass is 10.1. The summed E-state index contributed by atoms with van der Waals surface area (Å²) < 4.78 is 4.22. The van der Waals surface area contributed by atoms with Crippen LogP contribution in [0.2, 0.25) is 0 Å². The van der Waals surface area contributed by atoms with Crippen molar-refractivity contribution >= 4 is 33.7 Å². The molecule has 0 unspecified atom stereocenters. The molecule has 0 saturated heterocycles. The maximum Gasteiger partial charge on any atom is 0.320 e. The fourth-order valence-electron chi connectivity index (χ4n) is 4.20. The Kier molecular flexibility index (Phi) is 5.98. The lowest BCUT2D eigenvalue weighted by Crippen LogP contribution is -2.32. The van der Waals surface area contributed by atoms with E-state index in [9.17, 15) is 19.8 Å². The second-order valence-electron chi connectivity index (χ2n) is 8.03. The minimum Gasteiger partial charge on any atom is -0.480 e. The molecule has 0 spiro atoms. The van der Waals surface area contributed by atoms with Crippen molar-refractivity contribution in [3.05, 3.63) is 72.1 Å². The van der Waals surface area contributed by atoms with Gasteiger partial charge in [0.15, 0.2) is 0 Å². The van der Waals surface area contributed by atoms with E-state index in [1.54, 1.807) is 0 Å². The third kappa shape index (κ3) is 4.23. The summed E-state index contributed by atoms with van der Waals surface area (Å²) in [6.07, 6.45) is 4.46. The molecule has 2 aromatic heterocycles. The lowest BCUT2D eigenvalue weighted by molar-refractivity contribution is -0.139. The molecule has 0 aliphatic carbocycles. The SMILES string of the molecule is N[C@@H](Cc1cn(CCn2cc(C[C@H](N)C(=O)O)c3ccccc32)c2ccccc12)C(=O)O. The summed E-state index contributed by atoms with van der Waals surface area (Å²) in [6.45, 7) is 1.32. The molecular weight excluding hydrogens is 408 g/mol. The van der Waals surface area contributed by atoms with E-state index in [0.29, 0.717) is 13.1 Å². The quantitative estimate of drug-likeness (QED) is 0.319. The molecule has 0 aliphatic heterocycles. The molecule has 0 bridgehead atoms. The molecule has 2 aromatic carbocycles. The van der Waals surface area contributed by atoms with Gasteiger partial charge in [0, 0.05) is 60.1 Å². The highest BCUT2D eigenvalue weighted by Gasteiger charge is 2.18. The number of aromatic nitrogens is 2. The number of benzene rings is 2. The molecule has 4 rings (SSSR count). The molecule has 2 atom stereocenters. The average molecular weight is 434 g/mol. The van der Waals surface area contributed by atoms with E-state index in [-0.39, 0.29) is 12.8 Å². The highest BCUT2D eigenvalue weighted by Crippen LogP contribution is 2.25. The van der Waals surface area contributed by atoms with Gasteiger partial charge in [-0.3, -0.25) is 9.59 Å². The number of fused-ring (bicyclic) bond motifs is 2. The van der Waals surface area contributed by atoms with Crippen molar-refractivity contribution in [3.8, 4) is 0 Å². The Bertz CT molecular complexity index is 1190. The zero-order valence-electron chi connectivity index (χ0n) is 17.5. The minimum absolute atomic E-state index is 0.256. The maximum absolute atomic E-state index is 11.2. The Morgan fingerprint density at radius 2 is 1.09 bits per heavy atom. The number of aliphatic carboxylic acids is 2. The number of nitrogens with zero attached hydrogens (tertiary/aromatic N) is 2. The summed E-state index contributed by atoms with van der Waals surface area (Å²) >= 11 is 0. The normalized spacial score (nSPS) is 13.4. The van der Waals surface area contributed by atoms with Gasteiger partial charge >= 0.3 is 11.9 Å². The molecule has 8 heteroatoms. The van der Waals surface area contributed by atoms with E-state index in [1.807, 2.05) is 60.9 Å². The van der Waals surface area contributed by atoms with Crippen molar-refractivity contribution in [1.82, 2.24) is 9.13 Å². The second kappa shape index (κ2) is 8.86. The highest BCUT2D eigenvalue weighted by atomic mass is 16.4. The third-order valence-electron chi connectivity index (χ3n) is 5.84. The van der Waals surface area contributed by atoms with Crippen LogP contribution in [-0.2, 0) is 35.5 Å². The number of nitrogens with two attached hydrogens (primary N) is 2. The summed E-state index contributed by atoms with van der Waals surface area (Å²) in [4.78, 5) is 22.4. The van der Waals surface area contributed by atoms with Crippen LogP contribution in [0.15, 0.2) is 60.9 Å². The van der Waals surface area contributed by atoms with E-state index >= 15 is 0 Å². The Morgan fingerprint density at radius 3 is 1.47 bits per heavy atom. The Labute approximate surface area is 184 Å². The number of para-hydroxylation sites is 2. The number of aryl methyl sites for hydroxylation is 2. The molecule has 166 valence electrons. The molecule has 0 fully saturated rings. The van der Waals surface area contributed by atoms with E-state index < -0.39 is 24.0 Å². The number of rotatable bonds is 9. The van der Waals surface area contributed by atoms with Crippen LogP contribution in [0.4, 0.5) is 0 Å². The summed E-state index contributed by atoms with van der Waals surface area (Å²) in [5.41, 5.74) is 15.4. The molecule has 2 heterocycles. The van der Waals surface area contributed by atoms with Gasteiger partial charge in [0.2, 0.25) is 0 Å². The van der Waals surface area contributed by atoms with Gasteiger partial charge in [-0.1, -0.05) is 36.4 Å². The average Bonchev–Trinajstić information content (AvgIpc) is 3.30. The number of hydrogen-bond donors (Lipinski definition) is 4. The van der Waals surface area contributed by atoms with Crippen molar-refractivity contribution in [2.45, 2.75) is 38.0 Å². The van der Waals surface area contributed by atoms with Gasteiger partial charge in [0.1, 0.15) is 12.1 Å². The van der Waals surface area contributed by atoms with Gasteiger partial charge in [0.05, 0.1) is 0 Å². The fraction of sp³-hybridized carbons (Fsp3) is 0.250. The standard InChI is InChI=1S/C24H26N4O4/c25-19(23(29)30)11-15-13-27(21-7-3-1-5-17(15)21)9-10-28-14-16(12-20(26)24(31)32)18-6-2-4-8-22(18)28/h1-8,13-14,19-20H,9-12,25-26H2,(H,29,30)(H,31,32)/t19-,20-/m0/s1. The zero-order chi connectivity index (χ0) is 22.8. The van der Waals surface area contributed by atoms with E-state index in [1.165, 1.54) is 0 Å². The molecule has 0 radical (unpaired) electrons. The third-order valence-corrected chi connectivity index (χ3v) is 5.84. The topological polar surface area (TPSA) is 136 Å². The first-order valence-corrected chi connectivity index (χ1v) is 10.5. The number of hydrogen-bond acceptors (Lipinski definition) is 4. The van der Waals surface area contributed by atoms with Crippen LogP contribution in [0.3, 0.4) is 0 Å². The molecule has 0 saturated carbocycles. The van der Waals surface area contributed by atoms with Crippen LogP contribution in [-0.4, -0.2) is 43.4 Å². The first-order valence-electron chi connectivity index (χ1n) is 10.5. The Morgan fingerprint density at radius 1 is 0.719 bits per heavy atom. The first-order chi connectivity index (χ1) is 15.3. The van der Waals surface area contributed by atoms with Gasteiger partial charge in [-0.25, -0.2) is 0 Å². The predicted molar refractivity (Wildman–Crippen MR) is 123 cm³/mol. The van der Waals surface area contributed by atoms with E-state index in [0.717, 1.165) is 32.9 Å². The van der Waals surface area contributed by atoms with Crippen molar-refractivity contribution in [3.63, 3.8) is 0 Å². The van der Waals surface area contributed by atoms with Crippen LogP contribution in [0.5, 0.6) is 0 Å². The first kappa shape index (κ1) is 21.6. The van der Waals surface area contributed by atoms with Crippen molar-refractivity contribution in [2.24, 2.45) is 11.5 Å². The van der Waals surface area contributed by atoms with Crippen molar-refractivity contribution in [2.75, 3.05) is 0 Å². The molecular formula is C24H26N4O4. The Balaban J connectivity index is 1.63. The summed E-state index contributed by atoms with van der Waals surface area (Å²) in [5.74, 6) is -2.04. The molecule has 0 amide bonds. The summed E-state index contributed by atoms with van der Waals surface area (Å²) in [5, 5.41) is 20.4. The van der Waals surface area contributed by atoms with Crippen molar-refractivity contribution in [1.29, 1.82) is 0 Å². The van der Waals surface area contributed by atoms with Crippen LogP contribution < -0.4 is 11.5 Å². The second-order valence-corrected chi connectivity index (χ2v) is 8.03. The van der Waals surface area contributed by atoms with Gasteiger partial charge < -0.3 is 30.8 Å².